The second kappa shape index (κ2) is 39.0. The van der Waals surface area contributed by atoms with Crippen LogP contribution in [0.4, 0.5) is 4.79 Å². The van der Waals surface area contributed by atoms with Crippen molar-refractivity contribution in [3.63, 3.8) is 0 Å². The van der Waals surface area contributed by atoms with Gasteiger partial charge in [-0.1, -0.05) is 161 Å². The molecule has 0 aromatic heterocycles. The number of nitrogens with zero attached hydrogens (tertiary/aromatic N) is 4. The Bertz CT molecular complexity index is 827. The minimum atomic E-state index is 0.0968. The molecule has 53 heavy (non-hydrogen) atoms. The van der Waals surface area contributed by atoms with Crippen molar-refractivity contribution in [2.75, 3.05) is 65.7 Å². The zero-order chi connectivity index (χ0) is 39.2. The van der Waals surface area contributed by atoms with E-state index in [1.165, 1.54) is 134 Å². The Hall–Kier alpha value is -1.28. The maximum absolute atomic E-state index is 13.5. The minimum absolute atomic E-state index is 0.0968. The van der Waals surface area contributed by atoms with Crippen molar-refractivity contribution >= 4 is 28.8 Å². The summed E-state index contributed by atoms with van der Waals surface area (Å²) in [5, 5.41) is 0.0968. The van der Waals surface area contributed by atoms with E-state index in [-0.39, 0.29) is 17.1 Å². The Morgan fingerprint density at radius 3 is 0.981 bits per heavy atom. The van der Waals surface area contributed by atoms with Crippen LogP contribution < -0.4 is 0 Å². The first kappa shape index (κ1) is 51.7. The zero-order valence-electron chi connectivity index (χ0n) is 36.4. The molecule has 0 spiro atoms. The second-order valence-corrected chi connectivity index (χ2v) is 17.0. The lowest BCUT2D eigenvalue weighted by Crippen LogP contribution is -2.36. The molecule has 0 N–H and O–H groups in total. The fourth-order valence-corrected chi connectivity index (χ4v) is 7.78. The molecule has 0 fully saturated rings. The van der Waals surface area contributed by atoms with Crippen molar-refractivity contribution in [1.29, 1.82) is 0 Å². The Morgan fingerprint density at radius 2 is 0.660 bits per heavy atom. The van der Waals surface area contributed by atoms with Crippen molar-refractivity contribution < 1.29 is 14.4 Å². The Morgan fingerprint density at radius 1 is 0.358 bits per heavy atom. The average molecular weight is 767 g/mol. The van der Waals surface area contributed by atoms with Crippen molar-refractivity contribution in [3.05, 3.63) is 0 Å². The van der Waals surface area contributed by atoms with E-state index in [0.29, 0.717) is 38.8 Å². The van der Waals surface area contributed by atoms with Crippen LogP contribution in [0.15, 0.2) is 0 Å². The molecule has 0 aliphatic rings. The molecule has 0 aliphatic carbocycles. The molecule has 0 aromatic rings. The first-order chi connectivity index (χ1) is 25.8. The van der Waals surface area contributed by atoms with E-state index < -0.39 is 0 Å². The van der Waals surface area contributed by atoms with E-state index in [4.69, 9.17) is 0 Å². The van der Waals surface area contributed by atoms with Crippen LogP contribution in [0.25, 0.3) is 0 Å². The van der Waals surface area contributed by atoms with Crippen molar-refractivity contribution in [2.45, 2.75) is 207 Å². The monoisotopic (exact) mass is 767 g/mol. The van der Waals surface area contributed by atoms with Crippen LogP contribution in [0.5, 0.6) is 0 Å². The number of thioether (sulfide) groups is 1. The van der Waals surface area contributed by atoms with Gasteiger partial charge in [-0.25, -0.2) is 0 Å². The van der Waals surface area contributed by atoms with Gasteiger partial charge in [-0.05, 0) is 65.6 Å². The lowest BCUT2D eigenvalue weighted by Gasteiger charge is -2.26. The molecule has 3 amide bonds. The van der Waals surface area contributed by atoms with Crippen LogP contribution in [-0.4, -0.2) is 102 Å². The van der Waals surface area contributed by atoms with Crippen LogP contribution in [-0.2, 0) is 9.59 Å². The molecule has 0 saturated heterocycles. The summed E-state index contributed by atoms with van der Waals surface area (Å²) in [7, 11) is 4.13. The lowest BCUT2D eigenvalue weighted by atomic mass is 10.1. The highest BCUT2D eigenvalue weighted by atomic mass is 32.2. The molecule has 0 aliphatic heterocycles. The van der Waals surface area contributed by atoms with Crippen molar-refractivity contribution in [3.8, 4) is 0 Å². The predicted octanol–water partition coefficient (Wildman–Crippen LogP) is 12.4. The Balaban J connectivity index is 5.26. The van der Waals surface area contributed by atoms with E-state index in [1.807, 2.05) is 4.90 Å². The number of carbonyl (C=O) groups is 3. The van der Waals surface area contributed by atoms with Crippen molar-refractivity contribution in [2.24, 2.45) is 0 Å². The molecule has 7 nitrogen and oxygen atoms in total. The molecule has 0 bridgehead atoms. The third kappa shape index (κ3) is 32.7. The fraction of sp³-hybridized carbons (Fsp3) is 0.933. The maximum atomic E-state index is 13.5. The number of rotatable bonds is 39. The van der Waals surface area contributed by atoms with Gasteiger partial charge in [0.2, 0.25) is 11.8 Å². The topological polar surface area (TPSA) is 64.2 Å². The molecular formula is C45H90N4O3S. The Kier molecular flexibility index (Phi) is 38.0. The summed E-state index contributed by atoms with van der Waals surface area (Å²) >= 11 is 1.40. The SMILES string of the molecule is CCCCCCCCN(CCCCCCC)C(=O)CCCN(CCCC(=O)N(CCCCCCCC)CCCCCCCC)C(=O)SCCCN(C)C. The third-order valence-corrected chi connectivity index (χ3v) is 11.5. The van der Waals surface area contributed by atoms with Gasteiger partial charge >= 0.3 is 0 Å². The smallest absolute Gasteiger partial charge is 0.281 e. The van der Waals surface area contributed by atoms with Gasteiger partial charge < -0.3 is 19.6 Å². The van der Waals surface area contributed by atoms with Crippen LogP contribution in [0.3, 0.4) is 0 Å². The van der Waals surface area contributed by atoms with Gasteiger partial charge in [0, 0.05) is 57.9 Å². The van der Waals surface area contributed by atoms with Crippen LogP contribution in [0.2, 0.25) is 0 Å². The number of carbonyl (C=O) groups excluding carboxylic acids is 3. The quantitative estimate of drug-likeness (QED) is 0.0583. The van der Waals surface area contributed by atoms with E-state index in [2.05, 4.69) is 56.5 Å². The highest BCUT2D eigenvalue weighted by molar-refractivity contribution is 8.13. The standard InChI is InChI=1S/C45H90N4O3S/c1-7-11-15-19-23-27-37-47(36-26-22-18-14-10-4)43(50)33-30-40-49(45(52)53-42-32-35-46(5)6)41-31-34-44(51)48(38-28-24-20-16-12-8-2)39-29-25-21-17-13-9-3/h7-42H2,1-6H3. The van der Waals surface area contributed by atoms with Gasteiger partial charge in [-0.3, -0.25) is 14.4 Å². The van der Waals surface area contributed by atoms with Crippen molar-refractivity contribution in [1.82, 2.24) is 19.6 Å². The molecule has 0 rings (SSSR count). The van der Waals surface area contributed by atoms with Crippen LogP contribution >= 0.6 is 11.8 Å². The predicted molar refractivity (Wildman–Crippen MR) is 233 cm³/mol. The van der Waals surface area contributed by atoms with Crippen LogP contribution in [0.1, 0.15) is 207 Å². The van der Waals surface area contributed by atoms with Crippen LogP contribution in [0, 0.1) is 0 Å². The summed E-state index contributed by atoms with van der Waals surface area (Å²) in [6.45, 7) is 14.6. The highest BCUT2D eigenvalue weighted by Gasteiger charge is 2.19. The number of amides is 3. The first-order valence-electron chi connectivity index (χ1n) is 22.9. The second-order valence-electron chi connectivity index (χ2n) is 15.9. The van der Waals surface area contributed by atoms with Gasteiger partial charge in [-0.15, -0.1) is 0 Å². The zero-order valence-corrected chi connectivity index (χ0v) is 37.2. The van der Waals surface area contributed by atoms with E-state index in [1.54, 1.807) is 0 Å². The summed E-state index contributed by atoms with van der Waals surface area (Å²) in [4.78, 5) is 48.9. The summed E-state index contributed by atoms with van der Waals surface area (Å²) in [6.07, 6.45) is 31.5. The molecule has 0 saturated carbocycles. The summed E-state index contributed by atoms with van der Waals surface area (Å²) < 4.78 is 0. The number of hydrogen-bond acceptors (Lipinski definition) is 5. The van der Waals surface area contributed by atoms with Gasteiger partial charge in [0.15, 0.2) is 0 Å². The minimum Gasteiger partial charge on any atom is -0.343 e. The summed E-state index contributed by atoms with van der Waals surface area (Å²) in [6, 6.07) is 0. The largest absolute Gasteiger partial charge is 0.343 e. The fourth-order valence-electron chi connectivity index (χ4n) is 6.96. The molecule has 0 heterocycles. The number of unbranched alkanes of at least 4 members (excludes halogenated alkanes) is 19. The number of hydrogen-bond donors (Lipinski definition) is 0. The maximum Gasteiger partial charge on any atom is 0.281 e. The summed E-state index contributed by atoms with van der Waals surface area (Å²) in [5.74, 6) is 1.28. The lowest BCUT2D eigenvalue weighted by molar-refractivity contribution is -0.132. The van der Waals surface area contributed by atoms with Gasteiger partial charge in [0.25, 0.3) is 5.24 Å². The highest BCUT2D eigenvalue weighted by Crippen LogP contribution is 2.16. The normalized spacial score (nSPS) is 11.4. The Labute approximate surface area is 334 Å². The molecule has 0 aromatic carbocycles. The average Bonchev–Trinajstić information content (AvgIpc) is 3.14. The first-order valence-corrected chi connectivity index (χ1v) is 23.9. The van der Waals surface area contributed by atoms with E-state index in [9.17, 15) is 14.4 Å². The van der Waals surface area contributed by atoms with Gasteiger partial charge in [0.1, 0.15) is 0 Å². The molecule has 314 valence electrons. The van der Waals surface area contributed by atoms with E-state index >= 15 is 0 Å². The molecular weight excluding hydrogens is 677 g/mol. The molecule has 0 unspecified atom stereocenters. The van der Waals surface area contributed by atoms with Gasteiger partial charge in [-0.2, -0.15) is 0 Å². The molecule has 8 heteroatoms. The van der Waals surface area contributed by atoms with E-state index in [0.717, 1.165) is 70.6 Å². The molecule has 0 radical (unpaired) electrons. The summed E-state index contributed by atoms with van der Waals surface area (Å²) in [5.41, 5.74) is 0. The molecule has 0 atom stereocenters. The third-order valence-electron chi connectivity index (χ3n) is 10.5. The van der Waals surface area contributed by atoms with Gasteiger partial charge in [0.05, 0.1) is 0 Å².